The average molecular weight is 308 g/mol. The third-order valence-corrected chi connectivity index (χ3v) is 6.10. The van der Waals surface area contributed by atoms with Crippen molar-refractivity contribution in [2.24, 2.45) is 5.92 Å². The Labute approximate surface area is 127 Å². The van der Waals surface area contributed by atoms with E-state index in [2.05, 4.69) is 16.7 Å². The van der Waals surface area contributed by atoms with Gasteiger partial charge in [0.2, 0.25) is 10.0 Å². The molecule has 1 aromatic carbocycles. The lowest BCUT2D eigenvalue weighted by atomic mass is 9.92. The van der Waals surface area contributed by atoms with Crippen molar-refractivity contribution in [3.05, 3.63) is 29.3 Å². The predicted molar refractivity (Wildman–Crippen MR) is 83.9 cm³/mol. The van der Waals surface area contributed by atoms with Gasteiger partial charge in [0.15, 0.2) is 0 Å². The summed E-state index contributed by atoms with van der Waals surface area (Å²) >= 11 is 0. The highest BCUT2D eigenvalue weighted by molar-refractivity contribution is 7.89. The number of benzene rings is 1. The molecule has 1 N–H and O–H groups in total. The molecule has 0 aromatic heterocycles. The minimum absolute atomic E-state index is 0.425. The molecule has 0 bridgehead atoms. The van der Waals surface area contributed by atoms with E-state index in [-0.39, 0.29) is 0 Å². The second kappa shape index (κ2) is 6.07. The number of fused-ring (bicyclic) bond motifs is 1. The van der Waals surface area contributed by atoms with Crippen molar-refractivity contribution in [1.82, 2.24) is 9.62 Å². The quantitative estimate of drug-likeness (QED) is 0.922. The maximum absolute atomic E-state index is 12.4. The molecule has 1 aromatic rings. The van der Waals surface area contributed by atoms with E-state index in [9.17, 15) is 8.42 Å². The number of nitrogens with one attached hydrogen (secondary N) is 1. The molecular formula is C16H24N2O2S. The van der Waals surface area contributed by atoms with Crippen molar-refractivity contribution in [1.29, 1.82) is 0 Å². The molecule has 3 rings (SSSR count). The molecule has 116 valence electrons. The molecule has 1 unspecified atom stereocenters. The Morgan fingerprint density at radius 2 is 2.00 bits per heavy atom. The molecule has 2 aliphatic rings. The Hall–Kier alpha value is -0.910. The van der Waals surface area contributed by atoms with Gasteiger partial charge in [-0.3, -0.25) is 0 Å². The van der Waals surface area contributed by atoms with Crippen LogP contribution in [0.3, 0.4) is 0 Å². The highest BCUT2D eigenvalue weighted by Crippen LogP contribution is 2.24. The molecule has 1 aliphatic carbocycles. The topological polar surface area (TPSA) is 49.4 Å². The van der Waals surface area contributed by atoms with Gasteiger partial charge in [0, 0.05) is 13.1 Å². The monoisotopic (exact) mass is 308 g/mol. The van der Waals surface area contributed by atoms with Crippen molar-refractivity contribution in [3.8, 4) is 0 Å². The molecule has 5 heteroatoms. The van der Waals surface area contributed by atoms with Gasteiger partial charge in [-0.05, 0) is 74.9 Å². The van der Waals surface area contributed by atoms with E-state index in [0.717, 1.165) is 32.4 Å². The van der Waals surface area contributed by atoms with Crippen LogP contribution in [0.15, 0.2) is 23.1 Å². The zero-order valence-corrected chi connectivity index (χ0v) is 13.5. The number of hydrogen-bond acceptors (Lipinski definition) is 3. The SMILES string of the molecule is CN1CCC(CNS(=O)(=O)c2ccc3c(c2)CCCC3)C1. The molecule has 1 fully saturated rings. The fourth-order valence-electron chi connectivity index (χ4n) is 3.38. The third kappa shape index (κ3) is 3.47. The average Bonchev–Trinajstić information content (AvgIpc) is 2.90. The van der Waals surface area contributed by atoms with Gasteiger partial charge in [-0.2, -0.15) is 0 Å². The van der Waals surface area contributed by atoms with Crippen molar-refractivity contribution >= 4 is 10.0 Å². The molecule has 0 radical (unpaired) electrons. The molecule has 21 heavy (non-hydrogen) atoms. The Morgan fingerprint density at radius 3 is 2.71 bits per heavy atom. The molecule has 1 heterocycles. The number of aryl methyl sites for hydroxylation is 2. The van der Waals surface area contributed by atoms with Crippen molar-refractivity contribution in [2.45, 2.75) is 37.0 Å². The third-order valence-electron chi connectivity index (χ3n) is 4.68. The van der Waals surface area contributed by atoms with E-state index in [4.69, 9.17) is 0 Å². The summed E-state index contributed by atoms with van der Waals surface area (Å²) in [6, 6.07) is 5.62. The van der Waals surface area contributed by atoms with Gasteiger partial charge in [-0.1, -0.05) is 6.07 Å². The minimum Gasteiger partial charge on any atom is -0.306 e. The molecule has 1 aliphatic heterocycles. The van der Waals surface area contributed by atoms with E-state index < -0.39 is 10.0 Å². The highest BCUT2D eigenvalue weighted by Gasteiger charge is 2.23. The standard InChI is InChI=1S/C16H24N2O2S/c1-18-9-8-13(12-18)11-17-21(19,20)16-7-6-14-4-2-3-5-15(14)10-16/h6-7,10,13,17H,2-5,8-9,11-12H2,1H3. The Bertz CT molecular complexity index is 613. The van der Waals surface area contributed by atoms with Gasteiger partial charge >= 0.3 is 0 Å². The molecule has 0 amide bonds. The summed E-state index contributed by atoms with van der Waals surface area (Å²) in [4.78, 5) is 2.67. The van der Waals surface area contributed by atoms with Crippen LogP contribution in [0.25, 0.3) is 0 Å². The number of hydrogen-bond donors (Lipinski definition) is 1. The predicted octanol–water partition coefficient (Wildman–Crippen LogP) is 1.80. The largest absolute Gasteiger partial charge is 0.306 e. The van der Waals surface area contributed by atoms with Crippen molar-refractivity contribution in [3.63, 3.8) is 0 Å². The molecule has 0 saturated carbocycles. The van der Waals surface area contributed by atoms with Crippen LogP contribution in [0.2, 0.25) is 0 Å². The minimum atomic E-state index is -3.37. The molecule has 0 spiro atoms. The smallest absolute Gasteiger partial charge is 0.240 e. The van der Waals surface area contributed by atoms with E-state index in [1.807, 2.05) is 12.1 Å². The maximum atomic E-state index is 12.4. The first-order chi connectivity index (χ1) is 10.0. The van der Waals surface area contributed by atoms with E-state index in [0.29, 0.717) is 17.4 Å². The Kier molecular flexibility index (Phi) is 4.33. The number of rotatable bonds is 4. The van der Waals surface area contributed by atoms with Gasteiger partial charge in [-0.25, -0.2) is 13.1 Å². The van der Waals surface area contributed by atoms with Crippen LogP contribution in [-0.4, -0.2) is 40.0 Å². The molecule has 1 saturated heterocycles. The van der Waals surface area contributed by atoms with Crippen LogP contribution in [-0.2, 0) is 22.9 Å². The molecule has 1 atom stereocenters. The van der Waals surface area contributed by atoms with E-state index in [1.165, 1.54) is 24.0 Å². The van der Waals surface area contributed by atoms with Gasteiger partial charge in [0.25, 0.3) is 0 Å². The second-order valence-corrected chi connectivity index (χ2v) is 8.17. The van der Waals surface area contributed by atoms with Crippen molar-refractivity contribution < 1.29 is 8.42 Å². The van der Waals surface area contributed by atoms with Crippen LogP contribution in [0, 0.1) is 5.92 Å². The van der Waals surface area contributed by atoms with Crippen LogP contribution < -0.4 is 4.72 Å². The summed E-state index contributed by atoms with van der Waals surface area (Å²) in [5, 5.41) is 0. The Balaban J connectivity index is 1.69. The summed E-state index contributed by atoms with van der Waals surface area (Å²) in [7, 11) is -1.29. The van der Waals surface area contributed by atoms with Crippen LogP contribution in [0.4, 0.5) is 0 Å². The summed E-state index contributed by atoms with van der Waals surface area (Å²) in [6.07, 6.45) is 5.54. The lowest BCUT2D eigenvalue weighted by Gasteiger charge is -2.17. The Morgan fingerprint density at radius 1 is 1.24 bits per heavy atom. The fraction of sp³-hybridized carbons (Fsp3) is 0.625. The first kappa shape index (κ1) is 15.0. The van der Waals surface area contributed by atoms with Crippen molar-refractivity contribution in [2.75, 3.05) is 26.7 Å². The normalized spacial score (nSPS) is 23.2. The summed E-state index contributed by atoms with van der Waals surface area (Å²) in [5.74, 6) is 0.433. The highest BCUT2D eigenvalue weighted by atomic mass is 32.2. The van der Waals surface area contributed by atoms with Gasteiger partial charge in [-0.15, -0.1) is 0 Å². The van der Waals surface area contributed by atoms with E-state index >= 15 is 0 Å². The van der Waals surface area contributed by atoms with E-state index in [1.54, 1.807) is 6.07 Å². The first-order valence-corrected chi connectivity index (χ1v) is 9.33. The number of sulfonamides is 1. The number of likely N-dealkylation sites (tertiary alicyclic amines) is 1. The first-order valence-electron chi connectivity index (χ1n) is 7.84. The summed E-state index contributed by atoms with van der Waals surface area (Å²) in [5.41, 5.74) is 2.53. The van der Waals surface area contributed by atoms with Gasteiger partial charge < -0.3 is 4.90 Å². The second-order valence-electron chi connectivity index (χ2n) is 6.41. The fourth-order valence-corrected chi connectivity index (χ4v) is 4.55. The lowest BCUT2D eigenvalue weighted by molar-refractivity contribution is 0.394. The van der Waals surface area contributed by atoms with Gasteiger partial charge in [0.05, 0.1) is 4.90 Å². The molecular weight excluding hydrogens is 284 g/mol. The molecule has 4 nitrogen and oxygen atoms in total. The number of nitrogens with zero attached hydrogens (tertiary/aromatic N) is 1. The summed E-state index contributed by atoms with van der Waals surface area (Å²) < 4.78 is 27.7. The van der Waals surface area contributed by atoms with Crippen LogP contribution in [0.1, 0.15) is 30.4 Å². The summed E-state index contributed by atoms with van der Waals surface area (Å²) in [6.45, 7) is 2.59. The van der Waals surface area contributed by atoms with Crippen LogP contribution in [0.5, 0.6) is 0 Å². The van der Waals surface area contributed by atoms with Gasteiger partial charge in [0.1, 0.15) is 0 Å². The zero-order valence-electron chi connectivity index (χ0n) is 12.6. The maximum Gasteiger partial charge on any atom is 0.240 e. The zero-order chi connectivity index (χ0) is 14.9. The van der Waals surface area contributed by atoms with Crippen LogP contribution >= 0.6 is 0 Å². The lowest BCUT2D eigenvalue weighted by Crippen LogP contribution is -2.30.